The zero-order valence-corrected chi connectivity index (χ0v) is 14.3. The van der Waals surface area contributed by atoms with E-state index in [4.69, 9.17) is 16.3 Å². The molecule has 120 valence electrons. The van der Waals surface area contributed by atoms with E-state index in [2.05, 4.69) is 21.2 Å². The van der Waals surface area contributed by atoms with Crippen LogP contribution >= 0.6 is 27.5 Å². The van der Waals surface area contributed by atoms with Crippen LogP contribution in [0, 0.1) is 10.1 Å². The van der Waals surface area contributed by atoms with Gasteiger partial charge in [-0.25, -0.2) is 0 Å². The average Bonchev–Trinajstić information content (AvgIpc) is 2.53. The molecule has 1 N–H and O–H groups in total. The Morgan fingerprint density at radius 2 is 2.09 bits per heavy atom. The number of anilines is 1. The first-order valence-electron chi connectivity index (χ1n) is 6.47. The molecule has 0 aliphatic carbocycles. The summed E-state index contributed by atoms with van der Waals surface area (Å²) in [4.78, 5) is 22.3. The Morgan fingerprint density at radius 1 is 1.35 bits per heavy atom. The number of nitrogens with zero attached hydrogens (tertiary/aromatic N) is 1. The van der Waals surface area contributed by atoms with Crippen molar-refractivity contribution in [2.75, 3.05) is 19.0 Å². The number of carbonyl (C=O) groups is 1. The second-order valence-corrected chi connectivity index (χ2v) is 5.81. The van der Waals surface area contributed by atoms with E-state index >= 15 is 0 Å². The molecule has 0 aliphatic rings. The molecule has 0 aliphatic heterocycles. The molecule has 0 amide bonds. The Morgan fingerprint density at radius 3 is 2.65 bits per heavy atom. The minimum Gasteiger partial charge on any atom is -0.496 e. The minimum absolute atomic E-state index is 0.0102. The van der Waals surface area contributed by atoms with Gasteiger partial charge in [0.25, 0.3) is 5.69 Å². The lowest BCUT2D eigenvalue weighted by molar-refractivity contribution is -0.384. The van der Waals surface area contributed by atoms with Gasteiger partial charge in [-0.05, 0) is 40.2 Å². The third-order valence-electron chi connectivity index (χ3n) is 3.08. The van der Waals surface area contributed by atoms with Gasteiger partial charge in [0.05, 0.1) is 33.8 Å². The maximum absolute atomic E-state index is 12.2. The lowest BCUT2D eigenvalue weighted by atomic mass is 10.1. The molecule has 0 saturated carbocycles. The first-order valence-corrected chi connectivity index (χ1v) is 7.64. The number of carbonyl (C=O) groups excluding carboxylic acids is 1. The fraction of sp³-hybridized carbons (Fsp3) is 0.133. The molecular formula is C15H12BrClN2O4. The van der Waals surface area contributed by atoms with Gasteiger partial charge in [0.15, 0.2) is 5.78 Å². The van der Waals surface area contributed by atoms with Crippen molar-refractivity contribution in [1.82, 2.24) is 0 Å². The fourth-order valence-electron chi connectivity index (χ4n) is 1.88. The number of hydrogen-bond donors (Lipinski definition) is 1. The zero-order valence-electron chi connectivity index (χ0n) is 12.0. The van der Waals surface area contributed by atoms with Gasteiger partial charge in [0.2, 0.25) is 0 Å². The predicted octanol–water partition coefficient (Wildman–Crippen LogP) is 4.31. The molecular weight excluding hydrogens is 388 g/mol. The van der Waals surface area contributed by atoms with Crippen LogP contribution in [0.1, 0.15) is 10.4 Å². The van der Waals surface area contributed by atoms with E-state index in [9.17, 15) is 14.9 Å². The van der Waals surface area contributed by atoms with Crippen LogP contribution in [0.3, 0.4) is 0 Å². The molecule has 23 heavy (non-hydrogen) atoms. The number of nitrogens with one attached hydrogen (secondary N) is 1. The van der Waals surface area contributed by atoms with Crippen molar-refractivity contribution in [3.63, 3.8) is 0 Å². The molecule has 2 aromatic carbocycles. The van der Waals surface area contributed by atoms with Crippen molar-refractivity contribution in [2.45, 2.75) is 0 Å². The van der Waals surface area contributed by atoms with Gasteiger partial charge < -0.3 is 10.1 Å². The van der Waals surface area contributed by atoms with Gasteiger partial charge in [-0.1, -0.05) is 11.6 Å². The number of ketones is 1. The second-order valence-electron chi connectivity index (χ2n) is 4.55. The second kappa shape index (κ2) is 7.43. The smallest absolute Gasteiger partial charge is 0.271 e. The van der Waals surface area contributed by atoms with Crippen LogP contribution in [0.2, 0.25) is 5.02 Å². The standard InChI is InChI=1S/C15H12BrClN2O4/c1-23-15-5-2-9(6-11(15)16)14(20)8-18-13-4-3-10(19(21)22)7-12(13)17/h2-7,18H,8H2,1H3. The number of nitro benzene ring substituents is 1. The Bertz CT molecular complexity index is 767. The summed E-state index contributed by atoms with van der Waals surface area (Å²) in [5.74, 6) is 0.482. The molecule has 0 heterocycles. The summed E-state index contributed by atoms with van der Waals surface area (Å²) in [7, 11) is 1.54. The summed E-state index contributed by atoms with van der Waals surface area (Å²) in [6.45, 7) is 0.0102. The van der Waals surface area contributed by atoms with Crippen LogP contribution in [0.25, 0.3) is 0 Å². The first kappa shape index (κ1) is 17.2. The lowest BCUT2D eigenvalue weighted by Gasteiger charge is -2.09. The summed E-state index contributed by atoms with van der Waals surface area (Å²) in [6, 6.07) is 9.04. The van der Waals surface area contributed by atoms with E-state index in [1.807, 2.05) is 0 Å². The molecule has 6 nitrogen and oxygen atoms in total. The van der Waals surface area contributed by atoms with Crippen LogP contribution < -0.4 is 10.1 Å². The summed E-state index contributed by atoms with van der Waals surface area (Å²) < 4.78 is 5.79. The average molecular weight is 400 g/mol. The van der Waals surface area contributed by atoms with Gasteiger partial charge in [-0.3, -0.25) is 14.9 Å². The minimum atomic E-state index is -0.532. The monoisotopic (exact) mass is 398 g/mol. The maximum Gasteiger partial charge on any atom is 0.271 e. The van der Waals surface area contributed by atoms with Crippen molar-refractivity contribution in [2.24, 2.45) is 0 Å². The number of benzene rings is 2. The molecule has 0 fully saturated rings. The third kappa shape index (κ3) is 4.20. The van der Waals surface area contributed by atoms with Crippen molar-refractivity contribution >= 4 is 44.7 Å². The Labute approximate surface area is 145 Å². The molecule has 2 aromatic rings. The van der Waals surface area contributed by atoms with Gasteiger partial charge in [0, 0.05) is 17.7 Å². The number of hydrogen-bond acceptors (Lipinski definition) is 5. The van der Waals surface area contributed by atoms with Crippen LogP contribution in [0.15, 0.2) is 40.9 Å². The van der Waals surface area contributed by atoms with Crippen molar-refractivity contribution in [3.05, 3.63) is 61.6 Å². The fourth-order valence-corrected chi connectivity index (χ4v) is 2.66. The SMILES string of the molecule is COc1ccc(C(=O)CNc2ccc([N+](=O)[O-])cc2Cl)cc1Br. The molecule has 0 aromatic heterocycles. The first-order chi connectivity index (χ1) is 10.9. The molecule has 8 heteroatoms. The van der Waals surface area contributed by atoms with Crippen molar-refractivity contribution in [3.8, 4) is 5.75 Å². The normalized spacial score (nSPS) is 10.2. The Balaban J connectivity index is 2.07. The highest BCUT2D eigenvalue weighted by atomic mass is 79.9. The van der Waals surface area contributed by atoms with Gasteiger partial charge in [-0.2, -0.15) is 0 Å². The van der Waals surface area contributed by atoms with Crippen LogP contribution in [-0.2, 0) is 0 Å². The van der Waals surface area contributed by atoms with Gasteiger partial charge in [0.1, 0.15) is 5.75 Å². The molecule has 0 unspecified atom stereocenters. The lowest BCUT2D eigenvalue weighted by Crippen LogP contribution is -2.14. The van der Waals surface area contributed by atoms with Gasteiger partial charge >= 0.3 is 0 Å². The third-order valence-corrected chi connectivity index (χ3v) is 4.01. The molecule has 0 saturated heterocycles. The number of non-ortho nitro benzene ring substituents is 1. The quantitative estimate of drug-likeness (QED) is 0.444. The predicted molar refractivity (Wildman–Crippen MR) is 91.6 cm³/mol. The van der Waals surface area contributed by atoms with Crippen molar-refractivity contribution in [1.29, 1.82) is 0 Å². The number of rotatable bonds is 6. The number of ether oxygens (including phenoxy) is 1. The van der Waals surface area contributed by atoms with E-state index < -0.39 is 4.92 Å². The summed E-state index contributed by atoms with van der Waals surface area (Å²) in [5.41, 5.74) is 0.854. The number of Topliss-reactive ketones (excluding diaryl/α,β-unsaturated/α-hetero) is 1. The van der Waals surface area contributed by atoms with E-state index in [0.29, 0.717) is 21.5 Å². The highest BCUT2D eigenvalue weighted by Gasteiger charge is 2.12. The highest BCUT2D eigenvalue weighted by molar-refractivity contribution is 9.10. The maximum atomic E-state index is 12.2. The van der Waals surface area contributed by atoms with Gasteiger partial charge in [-0.15, -0.1) is 0 Å². The van der Waals surface area contributed by atoms with Crippen LogP contribution in [-0.4, -0.2) is 24.4 Å². The van der Waals surface area contributed by atoms with E-state index in [1.54, 1.807) is 25.3 Å². The van der Waals surface area contributed by atoms with E-state index in [0.717, 1.165) is 0 Å². The topological polar surface area (TPSA) is 81.5 Å². The Kier molecular flexibility index (Phi) is 5.57. The molecule has 0 bridgehead atoms. The van der Waals surface area contributed by atoms with E-state index in [1.165, 1.54) is 18.2 Å². The molecule has 2 rings (SSSR count). The van der Waals surface area contributed by atoms with E-state index in [-0.39, 0.29) is 23.0 Å². The van der Waals surface area contributed by atoms with Crippen LogP contribution in [0.5, 0.6) is 5.75 Å². The largest absolute Gasteiger partial charge is 0.496 e. The van der Waals surface area contributed by atoms with Crippen molar-refractivity contribution < 1.29 is 14.5 Å². The summed E-state index contributed by atoms with van der Waals surface area (Å²) >= 11 is 9.29. The summed E-state index contributed by atoms with van der Waals surface area (Å²) in [6.07, 6.45) is 0. The van der Waals surface area contributed by atoms with Crippen LogP contribution in [0.4, 0.5) is 11.4 Å². The molecule has 0 spiro atoms. The number of nitro groups is 1. The number of methoxy groups -OCH3 is 1. The Hall–Kier alpha value is -2.12. The zero-order chi connectivity index (χ0) is 17.0. The molecule has 0 radical (unpaired) electrons. The molecule has 0 atom stereocenters. The highest BCUT2D eigenvalue weighted by Crippen LogP contribution is 2.27. The number of halogens is 2. The summed E-state index contributed by atoms with van der Waals surface area (Å²) in [5, 5.41) is 13.7.